The first kappa shape index (κ1) is 85.9. The Kier molecular flexibility index (Phi) is 66.1. The van der Waals surface area contributed by atoms with Crippen molar-refractivity contribution in [1.82, 2.24) is 0 Å². The third kappa shape index (κ3) is 72.9. The molecule has 1 N–H and O–H groups in total. The lowest BCUT2D eigenvalue weighted by Gasteiger charge is -2.24. The minimum Gasteiger partial charge on any atom is -0.462 e. The van der Waals surface area contributed by atoms with E-state index >= 15 is 0 Å². The molecular weight excluding hydrogens is 1130 g/mol. The number of carbonyl (C=O) groups excluding carboxylic acids is 2. The molecule has 0 amide bonds. The summed E-state index contributed by atoms with van der Waals surface area (Å²) in [5, 5.41) is 0. The average molecular weight is 1270 g/mol. The van der Waals surface area contributed by atoms with Crippen molar-refractivity contribution in [2.45, 2.75) is 302 Å². The lowest BCUT2D eigenvalue weighted by molar-refractivity contribution is -0.870. The van der Waals surface area contributed by atoms with E-state index in [9.17, 15) is 19.0 Å². The van der Waals surface area contributed by atoms with E-state index in [0.29, 0.717) is 17.4 Å². The fourth-order valence-corrected chi connectivity index (χ4v) is 10.6. The van der Waals surface area contributed by atoms with Gasteiger partial charge >= 0.3 is 19.8 Å². The molecule has 0 bridgehead atoms. The second kappa shape index (κ2) is 69.2. The van der Waals surface area contributed by atoms with Crippen LogP contribution in [-0.4, -0.2) is 74.9 Å². The summed E-state index contributed by atoms with van der Waals surface area (Å²) in [7, 11) is 1.47. The van der Waals surface area contributed by atoms with E-state index in [-0.39, 0.29) is 32.0 Å². The first-order valence-electron chi connectivity index (χ1n) is 36.6. The maximum absolute atomic E-state index is 12.9. The summed E-state index contributed by atoms with van der Waals surface area (Å²) in [6.07, 6.45) is 102. The van der Waals surface area contributed by atoms with Crippen LogP contribution in [0.2, 0.25) is 0 Å². The molecule has 0 spiro atoms. The Morgan fingerprint density at radius 2 is 0.600 bits per heavy atom. The van der Waals surface area contributed by atoms with E-state index in [1.807, 2.05) is 21.1 Å². The average Bonchev–Trinajstić information content (AvgIpc) is 3.58. The number of ether oxygens (including phenoxy) is 2. The SMILES string of the molecule is CC/C=C\C/C=C\C/C=C\C/C=C\C/C=C\C/C=C\C/C=C\C/C=C\CCCCCCCCCCCCCCC(=O)OC(COC(=O)CCCCCCCCCCCCCCCCCC/C=C\C/C=C\C/C=C\C/C=C\CC)COP(=O)(O)OCC[N+](C)(C)C. The van der Waals surface area contributed by atoms with Crippen LogP contribution in [0.15, 0.2) is 146 Å². The number of hydrogen-bond acceptors (Lipinski definition) is 7. The second-order valence-corrected chi connectivity index (χ2v) is 26.7. The molecule has 0 aliphatic carbocycles. The first-order valence-corrected chi connectivity index (χ1v) is 38.1. The number of esters is 2. The molecule has 0 radical (unpaired) electrons. The molecule has 514 valence electrons. The first-order chi connectivity index (χ1) is 44.0. The van der Waals surface area contributed by atoms with E-state index in [0.717, 1.165) is 116 Å². The van der Waals surface area contributed by atoms with Crippen LogP contribution in [0, 0.1) is 0 Å². The van der Waals surface area contributed by atoms with Crippen molar-refractivity contribution >= 4 is 19.8 Å². The number of phosphoric ester groups is 1. The Balaban J connectivity index is 4.06. The highest BCUT2D eigenvalue weighted by Gasteiger charge is 2.27. The number of nitrogens with zero attached hydrogens (tertiary/aromatic N) is 1. The number of hydrogen-bond donors (Lipinski definition) is 1. The largest absolute Gasteiger partial charge is 0.472 e. The van der Waals surface area contributed by atoms with Gasteiger partial charge in [0.05, 0.1) is 27.7 Å². The van der Waals surface area contributed by atoms with Crippen molar-refractivity contribution in [3.8, 4) is 0 Å². The summed E-state index contributed by atoms with van der Waals surface area (Å²) in [5.41, 5.74) is 0. The van der Waals surface area contributed by atoms with Crippen molar-refractivity contribution in [2.75, 3.05) is 47.5 Å². The molecule has 2 atom stereocenters. The Bertz CT molecular complexity index is 2030. The maximum Gasteiger partial charge on any atom is 0.472 e. The number of carbonyl (C=O) groups is 2. The lowest BCUT2D eigenvalue weighted by atomic mass is 10.0. The number of phosphoric acid groups is 1. The van der Waals surface area contributed by atoms with E-state index in [2.05, 4.69) is 160 Å². The van der Waals surface area contributed by atoms with E-state index < -0.39 is 26.5 Å². The topological polar surface area (TPSA) is 108 Å². The molecule has 0 aromatic rings. The molecule has 0 aromatic carbocycles. The minimum absolute atomic E-state index is 0.0262. The van der Waals surface area contributed by atoms with Crippen LogP contribution in [0.1, 0.15) is 296 Å². The zero-order valence-electron chi connectivity index (χ0n) is 58.6. The quantitative estimate of drug-likeness (QED) is 0.0211. The molecule has 0 saturated carbocycles. The zero-order valence-corrected chi connectivity index (χ0v) is 59.5. The molecule has 90 heavy (non-hydrogen) atoms. The van der Waals surface area contributed by atoms with Gasteiger partial charge in [0, 0.05) is 12.8 Å². The number of allylic oxidation sites excluding steroid dienone is 24. The Morgan fingerprint density at radius 3 is 0.889 bits per heavy atom. The van der Waals surface area contributed by atoms with Gasteiger partial charge in [0.2, 0.25) is 0 Å². The number of rotatable bonds is 66. The van der Waals surface area contributed by atoms with Crippen molar-refractivity contribution in [1.29, 1.82) is 0 Å². The molecule has 0 aromatic heterocycles. The highest BCUT2D eigenvalue weighted by molar-refractivity contribution is 7.47. The van der Waals surface area contributed by atoms with E-state index in [1.165, 1.54) is 148 Å². The summed E-state index contributed by atoms with van der Waals surface area (Å²) < 4.78 is 34.8. The molecule has 0 aliphatic rings. The minimum atomic E-state index is -4.40. The summed E-state index contributed by atoms with van der Waals surface area (Å²) in [6.45, 7) is 4.22. The smallest absolute Gasteiger partial charge is 0.462 e. The van der Waals surface area contributed by atoms with Gasteiger partial charge in [-0.05, 0) is 116 Å². The molecule has 0 heterocycles. The van der Waals surface area contributed by atoms with Crippen LogP contribution in [0.4, 0.5) is 0 Å². The molecule has 0 aliphatic heterocycles. The van der Waals surface area contributed by atoms with Gasteiger partial charge < -0.3 is 18.9 Å². The van der Waals surface area contributed by atoms with Crippen molar-refractivity contribution in [3.05, 3.63) is 146 Å². The van der Waals surface area contributed by atoms with Crippen molar-refractivity contribution < 1.29 is 42.1 Å². The van der Waals surface area contributed by atoms with Gasteiger partial charge in [-0.1, -0.05) is 314 Å². The predicted molar refractivity (Wildman–Crippen MR) is 390 cm³/mol. The molecule has 2 unspecified atom stereocenters. The van der Waals surface area contributed by atoms with Crippen molar-refractivity contribution in [3.63, 3.8) is 0 Å². The van der Waals surface area contributed by atoms with Gasteiger partial charge in [-0.15, -0.1) is 0 Å². The normalized spacial score (nSPS) is 14.0. The third-order valence-corrected chi connectivity index (χ3v) is 16.3. The van der Waals surface area contributed by atoms with E-state index in [4.69, 9.17) is 18.5 Å². The van der Waals surface area contributed by atoms with E-state index in [1.54, 1.807) is 0 Å². The Labute approximate surface area is 554 Å². The molecular formula is C80H137NO8P+. The third-order valence-electron chi connectivity index (χ3n) is 15.4. The Morgan fingerprint density at radius 1 is 0.344 bits per heavy atom. The van der Waals surface area contributed by atoms with Crippen molar-refractivity contribution in [2.24, 2.45) is 0 Å². The summed E-state index contributed by atoms with van der Waals surface area (Å²) >= 11 is 0. The second-order valence-electron chi connectivity index (χ2n) is 25.2. The summed E-state index contributed by atoms with van der Waals surface area (Å²) in [6, 6.07) is 0. The molecule has 0 fully saturated rings. The van der Waals surface area contributed by atoms with Gasteiger partial charge in [-0.25, -0.2) is 4.57 Å². The van der Waals surface area contributed by atoms with Gasteiger partial charge in [0.1, 0.15) is 19.8 Å². The van der Waals surface area contributed by atoms with Gasteiger partial charge in [0.15, 0.2) is 6.10 Å². The highest BCUT2D eigenvalue weighted by atomic mass is 31.2. The molecule has 9 nitrogen and oxygen atoms in total. The molecule has 10 heteroatoms. The van der Waals surface area contributed by atoms with Crippen LogP contribution >= 0.6 is 7.82 Å². The van der Waals surface area contributed by atoms with Gasteiger partial charge in [-0.3, -0.25) is 18.6 Å². The molecule has 0 rings (SSSR count). The van der Waals surface area contributed by atoms with Crippen LogP contribution in [-0.2, 0) is 32.7 Å². The Hall–Kier alpha value is -4.11. The van der Waals surface area contributed by atoms with Crippen LogP contribution in [0.3, 0.4) is 0 Å². The summed E-state index contributed by atoms with van der Waals surface area (Å²) in [4.78, 5) is 35.9. The fraction of sp³-hybridized carbons (Fsp3) is 0.675. The lowest BCUT2D eigenvalue weighted by Crippen LogP contribution is -2.37. The number of likely N-dealkylation sites (N-methyl/N-ethyl adjacent to an activating group) is 1. The zero-order chi connectivity index (χ0) is 65.5. The standard InChI is InChI=1S/C80H136NO8P/c1-6-8-10-12-14-16-18-20-22-24-26-28-30-32-34-36-37-38-39-40-41-42-43-45-47-49-51-53-55-57-59-61-63-65-67-69-71-73-80(83)89-78(77-88-90(84,85)87-75-74-81(3,4)5)76-86-79(82)72-70-68-66-64-62-60-58-56-54-52-50-48-46-44-35-33-31-29-27-25-23-21-19-17-15-13-11-9-7-2/h8-11,14-17,20-23,26-29,32,34,37-38,40-41,43,45,78H,6-7,12-13,18-19,24-25,30-31,33,35-36,39,42,44,46-77H2,1-5H3/p+1/b10-8-,11-9-,16-14-,17-15-,22-20-,23-21-,28-26-,29-27-,34-32-,38-37-,41-40-,45-43-. The van der Waals surface area contributed by atoms with Crippen LogP contribution < -0.4 is 0 Å². The van der Waals surface area contributed by atoms with Gasteiger partial charge in [0.25, 0.3) is 0 Å². The molecule has 0 saturated heterocycles. The summed E-state index contributed by atoms with van der Waals surface area (Å²) in [5.74, 6) is -0.798. The van der Waals surface area contributed by atoms with Crippen LogP contribution in [0.25, 0.3) is 0 Å². The number of quaternary nitrogens is 1. The highest BCUT2D eigenvalue weighted by Crippen LogP contribution is 2.43. The van der Waals surface area contributed by atoms with Gasteiger partial charge in [-0.2, -0.15) is 0 Å². The van der Waals surface area contributed by atoms with Crippen LogP contribution in [0.5, 0.6) is 0 Å². The fourth-order valence-electron chi connectivity index (χ4n) is 9.85. The monoisotopic (exact) mass is 1270 g/mol. The maximum atomic E-state index is 12.9. The predicted octanol–water partition coefficient (Wildman–Crippen LogP) is 24.2. The number of unbranched alkanes of at least 4 members (excludes halogenated alkanes) is 28.